The topological polar surface area (TPSA) is 53.8 Å². The van der Waals surface area contributed by atoms with Crippen LogP contribution < -0.4 is 0 Å². The number of fused-ring (bicyclic) bond motifs is 1. The normalized spacial score (nSPS) is 21.4. The first-order chi connectivity index (χ1) is 10.9. The minimum absolute atomic E-state index is 0. The minimum Gasteiger partial charge on any atom is -0.412 e. The lowest BCUT2D eigenvalue weighted by Crippen LogP contribution is -2.50. The Kier molecular flexibility index (Phi) is 5.36. The number of para-hydroxylation sites is 1. The summed E-state index contributed by atoms with van der Waals surface area (Å²) in [5.41, 5.74) is 2.71. The van der Waals surface area contributed by atoms with Crippen LogP contribution >= 0.6 is 0 Å². The Morgan fingerprint density at radius 1 is 0.957 bits per heavy atom. The number of hydrogen-bond donors (Lipinski definition) is 1. The fourth-order valence-corrected chi connectivity index (χ4v) is 4.24. The molecule has 126 valence electrons. The Balaban J connectivity index is 0.00000156. The van der Waals surface area contributed by atoms with Gasteiger partial charge in [-0.25, -0.2) is 0 Å². The zero-order chi connectivity index (χ0) is 14.8. The van der Waals surface area contributed by atoms with Gasteiger partial charge in [0.2, 0.25) is 0 Å². The van der Waals surface area contributed by atoms with Crippen molar-refractivity contribution in [3.63, 3.8) is 0 Å². The molecule has 2 fully saturated rings. The molecule has 1 saturated heterocycles. The lowest BCUT2D eigenvalue weighted by molar-refractivity contribution is 0.0757. The van der Waals surface area contributed by atoms with E-state index in [0.29, 0.717) is 0 Å². The Bertz CT molecular complexity index is 610. The predicted molar refractivity (Wildman–Crippen MR) is 95.6 cm³/mol. The highest BCUT2D eigenvalue weighted by atomic mass is 16.0. The molecule has 4 nitrogen and oxygen atoms in total. The molecule has 1 aromatic heterocycles. The van der Waals surface area contributed by atoms with E-state index in [-0.39, 0.29) is 5.48 Å². The van der Waals surface area contributed by atoms with Crippen LogP contribution in [-0.2, 0) is 6.54 Å². The van der Waals surface area contributed by atoms with E-state index < -0.39 is 0 Å². The molecular formula is C19H29N3O. The van der Waals surface area contributed by atoms with Gasteiger partial charge in [0, 0.05) is 55.9 Å². The third kappa shape index (κ3) is 3.60. The fraction of sp³-hybridized carbons (Fsp3) is 0.579. The van der Waals surface area contributed by atoms with Gasteiger partial charge >= 0.3 is 0 Å². The predicted octanol–water partition coefficient (Wildman–Crippen LogP) is 2.79. The van der Waals surface area contributed by atoms with E-state index >= 15 is 0 Å². The molecule has 0 bridgehead atoms. The Hall–Kier alpha value is -1.36. The van der Waals surface area contributed by atoms with Crippen molar-refractivity contribution in [2.75, 3.05) is 26.2 Å². The molecule has 2 aliphatic rings. The Labute approximate surface area is 138 Å². The molecule has 23 heavy (non-hydrogen) atoms. The lowest BCUT2D eigenvalue weighted by atomic mass is 9.94. The van der Waals surface area contributed by atoms with E-state index in [9.17, 15) is 0 Å². The van der Waals surface area contributed by atoms with Gasteiger partial charge in [-0.1, -0.05) is 37.5 Å². The first-order valence-corrected chi connectivity index (χ1v) is 8.91. The van der Waals surface area contributed by atoms with E-state index in [4.69, 9.17) is 0 Å². The Morgan fingerprint density at radius 2 is 1.70 bits per heavy atom. The van der Waals surface area contributed by atoms with Crippen LogP contribution in [0, 0.1) is 0 Å². The molecule has 4 heteroatoms. The largest absolute Gasteiger partial charge is 0.412 e. The van der Waals surface area contributed by atoms with Crippen LogP contribution in [0.15, 0.2) is 30.5 Å². The van der Waals surface area contributed by atoms with E-state index in [1.807, 2.05) is 0 Å². The molecular weight excluding hydrogens is 286 g/mol. The van der Waals surface area contributed by atoms with E-state index in [0.717, 1.165) is 12.6 Å². The smallest absolute Gasteiger partial charge is 0.0457 e. The van der Waals surface area contributed by atoms with Crippen molar-refractivity contribution >= 4 is 10.9 Å². The SMILES string of the molecule is O.c1ccc2c(CN3CCN(C4CCCCC4)CC3)c[nH]c2c1. The van der Waals surface area contributed by atoms with Crippen molar-refractivity contribution in [2.24, 2.45) is 0 Å². The second kappa shape index (κ2) is 7.47. The van der Waals surface area contributed by atoms with E-state index in [2.05, 4.69) is 45.2 Å². The molecule has 1 aliphatic carbocycles. The molecule has 2 heterocycles. The van der Waals surface area contributed by atoms with Crippen molar-refractivity contribution in [3.8, 4) is 0 Å². The highest BCUT2D eigenvalue weighted by Crippen LogP contribution is 2.24. The zero-order valence-electron chi connectivity index (χ0n) is 13.9. The van der Waals surface area contributed by atoms with Gasteiger partial charge in [0.1, 0.15) is 0 Å². The summed E-state index contributed by atoms with van der Waals surface area (Å²) in [5.74, 6) is 0. The summed E-state index contributed by atoms with van der Waals surface area (Å²) in [6.45, 7) is 6.04. The number of hydrogen-bond acceptors (Lipinski definition) is 2. The van der Waals surface area contributed by atoms with Gasteiger partial charge in [-0.3, -0.25) is 9.80 Å². The number of benzene rings is 1. The number of piperazine rings is 1. The number of rotatable bonds is 3. The third-order valence-corrected chi connectivity index (χ3v) is 5.57. The average molecular weight is 315 g/mol. The van der Waals surface area contributed by atoms with Crippen LogP contribution in [0.1, 0.15) is 37.7 Å². The van der Waals surface area contributed by atoms with Crippen LogP contribution in [0.5, 0.6) is 0 Å². The maximum Gasteiger partial charge on any atom is 0.0457 e. The number of H-pyrrole nitrogens is 1. The van der Waals surface area contributed by atoms with Crippen molar-refractivity contribution in [3.05, 3.63) is 36.0 Å². The van der Waals surface area contributed by atoms with Gasteiger partial charge in [0.15, 0.2) is 0 Å². The number of aromatic amines is 1. The van der Waals surface area contributed by atoms with Gasteiger partial charge in [0.05, 0.1) is 0 Å². The summed E-state index contributed by atoms with van der Waals surface area (Å²) in [6.07, 6.45) is 9.40. The van der Waals surface area contributed by atoms with Crippen LogP contribution in [0.25, 0.3) is 10.9 Å². The molecule has 0 spiro atoms. The highest BCUT2D eigenvalue weighted by molar-refractivity contribution is 5.82. The third-order valence-electron chi connectivity index (χ3n) is 5.57. The van der Waals surface area contributed by atoms with Crippen LogP contribution in [0.4, 0.5) is 0 Å². The van der Waals surface area contributed by atoms with Crippen molar-refractivity contribution in [2.45, 2.75) is 44.7 Å². The molecule has 0 atom stereocenters. The summed E-state index contributed by atoms with van der Waals surface area (Å²) in [6, 6.07) is 9.52. The van der Waals surface area contributed by atoms with Gasteiger partial charge < -0.3 is 10.5 Å². The minimum atomic E-state index is 0. The van der Waals surface area contributed by atoms with Crippen molar-refractivity contribution in [1.29, 1.82) is 0 Å². The molecule has 0 amide bonds. The molecule has 4 rings (SSSR count). The van der Waals surface area contributed by atoms with Crippen molar-refractivity contribution < 1.29 is 5.48 Å². The van der Waals surface area contributed by atoms with E-state index in [1.54, 1.807) is 0 Å². The second-order valence-electron chi connectivity index (χ2n) is 6.96. The van der Waals surface area contributed by atoms with Crippen LogP contribution in [-0.4, -0.2) is 52.5 Å². The van der Waals surface area contributed by atoms with Crippen LogP contribution in [0.2, 0.25) is 0 Å². The standard InChI is InChI=1S/C19H27N3.H2O/c1-2-6-17(7-3-1)22-12-10-21(11-13-22)15-16-14-20-19-9-5-4-8-18(16)19;/h4-5,8-9,14,17,20H,1-3,6-7,10-13,15H2;1H2. The highest BCUT2D eigenvalue weighted by Gasteiger charge is 2.25. The quantitative estimate of drug-likeness (QED) is 0.947. The van der Waals surface area contributed by atoms with E-state index in [1.165, 1.54) is 74.7 Å². The number of aromatic nitrogens is 1. The maximum atomic E-state index is 3.40. The number of nitrogens with one attached hydrogen (secondary N) is 1. The Morgan fingerprint density at radius 3 is 2.48 bits per heavy atom. The van der Waals surface area contributed by atoms with Gasteiger partial charge in [-0.2, -0.15) is 0 Å². The van der Waals surface area contributed by atoms with Crippen LogP contribution in [0.3, 0.4) is 0 Å². The van der Waals surface area contributed by atoms with Gasteiger partial charge in [0.25, 0.3) is 0 Å². The summed E-state index contributed by atoms with van der Waals surface area (Å²) >= 11 is 0. The first kappa shape index (κ1) is 16.5. The fourth-order valence-electron chi connectivity index (χ4n) is 4.24. The molecule has 0 radical (unpaired) electrons. The average Bonchev–Trinajstić information content (AvgIpc) is 3.00. The molecule has 1 aliphatic heterocycles. The number of nitrogens with zero attached hydrogens (tertiary/aromatic N) is 2. The zero-order valence-corrected chi connectivity index (χ0v) is 13.9. The maximum absolute atomic E-state index is 3.40. The monoisotopic (exact) mass is 315 g/mol. The molecule has 3 N–H and O–H groups in total. The van der Waals surface area contributed by atoms with Gasteiger partial charge in [-0.05, 0) is 24.5 Å². The molecule has 1 aromatic carbocycles. The molecule has 2 aromatic rings. The lowest BCUT2D eigenvalue weighted by Gasteiger charge is -2.40. The molecule has 0 unspecified atom stereocenters. The summed E-state index contributed by atoms with van der Waals surface area (Å²) in [7, 11) is 0. The van der Waals surface area contributed by atoms with Gasteiger partial charge in [-0.15, -0.1) is 0 Å². The summed E-state index contributed by atoms with van der Waals surface area (Å²) < 4.78 is 0. The molecule has 1 saturated carbocycles. The summed E-state index contributed by atoms with van der Waals surface area (Å²) in [5, 5.41) is 1.39. The first-order valence-electron chi connectivity index (χ1n) is 8.91. The second-order valence-corrected chi connectivity index (χ2v) is 6.96. The van der Waals surface area contributed by atoms with Crippen molar-refractivity contribution in [1.82, 2.24) is 14.8 Å². The summed E-state index contributed by atoms with van der Waals surface area (Å²) in [4.78, 5) is 8.78.